The van der Waals surface area contributed by atoms with Crippen LogP contribution in [0.25, 0.3) is 11.5 Å². The largest absolute Gasteiger partial charge is 0.368 e. The van der Waals surface area contributed by atoms with E-state index in [0.29, 0.717) is 11.8 Å². The van der Waals surface area contributed by atoms with Gasteiger partial charge in [-0.05, 0) is 19.4 Å². The maximum absolute atomic E-state index is 5.67. The van der Waals surface area contributed by atoms with Gasteiger partial charge in [-0.2, -0.15) is 10.1 Å². The number of rotatable bonds is 3. The maximum atomic E-state index is 5.67. The molecular formula is C10H16N6. The molecule has 0 aliphatic rings. The van der Waals surface area contributed by atoms with Crippen molar-refractivity contribution < 1.29 is 0 Å². The van der Waals surface area contributed by atoms with E-state index in [9.17, 15) is 0 Å². The first-order valence-corrected chi connectivity index (χ1v) is 5.39. The van der Waals surface area contributed by atoms with Crippen LogP contribution in [0.5, 0.6) is 0 Å². The molecule has 0 aliphatic heterocycles. The molecule has 6 nitrogen and oxygen atoms in total. The van der Waals surface area contributed by atoms with Gasteiger partial charge in [0.05, 0.1) is 5.69 Å². The second-order valence-electron chi connectivity index (χ2n) is 3.61. The zero-order chi connectivity index (χ0) is 11.7. The van der Waals surface area contributed by atoms with Gasteiger partial charge >= 0.3 is 0 Å². The number of hydrogen-bond acceptors (Lipinski definition) is 4. The molecule has 0 aliphatic carbocycles. The monoisotopic (exact) mass is 220 g/mol. The van der Waals surface area contributed by atoms with Crippen molar-refractivity contribution in [2.24, 2.45) is 7.05 Å². The van der Waals surface area contributed by atoms with Crippen LogP contribution in [0.3, 0.4) is 0 Å². The highest BCUT2D eigenvalue weighted by Crippen LogP contribution is 2.18. The lowest BCUT2D eigenvalue weighted by Crippen LogP contribution is -2.00. The number of nitrogens with two attached hydrogens (primary N) is 1. The molecule has 0 spiro atoms. The maximum Gasteiger partial charge on any atom is 0.218 e. The number of hydrogen-bond donors (Lipinski definition) is 1. The molecule has 0 radical (unpaired) electrons. The van der Waals surface area contributed by atoms with Gasteiger partial charge in [-0.1, -0.05) is 6.92 Å². The number of aromatic nitrogens is 5. The van der Waals surface area contributed by atoms with E-state index in [-0.39, 0.29) is 0 Å². The van der Waals surface area contributed by atoms with Crippen LogP contribution in [-0.2, 0) is 20.0 Å². The lowest BCUT2D eigenvalue weighted by Gasteiger charge is -1.98. The molecule has 2 aromatic heterocycles. The van der Waals surface area contributed by atoms with Gasteiger partial charge in [0.25, 0.3) is 0 Å². The molecule has 0 unspecified atom stereocenters. The van der Waals surface area contributed by atoms with E-state index in [1.807, 2.05) is 17.7 Å². The zero-order valence-electron chi connectivity index (χ0n) is 9.80. The predicted molar refractivity (Wildman–Crippen MR) is 61.7 cm³/mol. The highest BCUT2D eigenvalue weighted by Gasteiger charge is 2.13. The van der Waals surface area contributed by atoms with Crippen molar-refractivity contribution in [3.63, 3.8) is 0 Å². The number of nitrogens with zero attached hydrogens (tertiary/aromatic N) is 5. The smallest absolute Gasteiger partial charge is 0.218 e. The zero-order valence-corrected chi connectivity index (χ0v) is 9.80. The predicted octanol–water partition coefficient (Wildman–Crippen LogP) is 0.843. The molecule has 0 amide bonds. The number of nitrogen functional groups attached to an aromatic ring is 1. The Kier molecular flexibility index (Phi) is 2.64. The van der Waals surface area contributed by atoms with Gasteiger partial charge < -0.3 is 5.73 Å². The molecule has 2 aromatic rings. The average molecular weight is 220 g/mol. The molecule has 0 fully saturated rings. The third kappa shape index (κ3) is 1.66. The Bertz CT molecular complexity index is 476. The molecule has 0 saturated carbocycles. The van der Waals surface area contributed by atoms with Crippen molar-refractivity contribution in [2.75, 3.05) is 5.73 Å². The molecule has 0 atom stereocenters. The van der Waals surface area contributed by atoms with E-state index in [4.69, 9.17) is 5.73 Å². The molecule has 2 rings (SSSR count). The second-order valence-corrected chi connectivity index (χ2v) is 3.61. The molecule has 0 saturated heterocycles. The van der Waals surface area contributed by atoms with Crippen LogP contribution in [0.4, 0.5) is 5.95 Å². The van der Waals surface area contributed by atoms with Crippen molar-refractivity contribution in [3.8, 4) is 11.5 Å². The Balaban J connectivity index is 2.49. The van der Waals surface area contributed by atoms with E-state index in [0.717, 1.165) is 24.4 Å². The lowest BCUT2D eigenvalue weighted by molar-refractivity contribution is 0.651. The van der Waals surface area contributed by atoms with Crippen LogP contribution in [0, 0.1) is 0 Å². The minimum Gasteiger partial charge on any atom is -0.368 e. The molecular weight excluding hydrogens is 204 g/mol. The molecule has 2 N–H and O–H groups in total. The minimum absolute atomic E-state index is 0.414. The fraction of sp³-hybridized carbons (Fsp3) is 0.500. The molecule has 6 heteroatoms. The van der Waals surface area contributed by atoms with E-state index in [1.54, 1.807) is 11.7 Å². The fourth-order valence-electron chi connectivity index (χ4n) is 1.57. The Labute approximate surface area is 94.1 Å². The third-order valence-corrected chi connectivity index (χ3v) is 2.52. The topological polar surface area (TPSA) is 74.5 Å². The summed E-state index contributed by atoms with van der Waals surface area (Å²) in [6.07, 6.45) is 0.905. The first kappa shape index (κ1) is 10.7. The van der Waals surface area contributed by atoms with E-state index < -0.39 is 0 Å². The SMILES string of the molecule is CCc1cc(-c2nc(N)n(C)n2)n(CC)n1. The quantitative estimate of drug-likeness (QED) is 0.831. The third-order valence-electron chi connectivity index (χ3n) is 2.52. The van der Waals surface area contributed by atoms with Crippen LogP contribution in [-0.4, -0.2) is 24.5 Å². The fourth-order valence-corrected chi connectivity index (χ4v) is 1.57. The Morgan fingerprint density at radius 3 is 2.56 bits per heavy atom. The highest BCUT2D eigenvalue weighted by atomic mass is 15.4. The van der Waals surface area contributed by atoms with Crippen LogP contribution >= 0.6 is 0 Å². The number of aryl methyl sites for hydroxylation is 3. The molecule has 2 heterocycles. The summed E-state index contributed by atoms with van der Waals surface area (Å²) < 4.78 is 3.46. The molecule has 0 bridgehead atoms. The Morgan fingerprint density at radius 1 is 1.31 bits per heavy atom. The molecule has 86 valence electrons. The van der Waals surface area contributed by atoms with Crippen LogP contribution in [0.2, 0.25) is 0 Å². The van der Waals surface area contributed by atoms with E-state index in [2.05, 4.69) is 22.1 Å². The summed E-state index contributed by atoms with van der Waals surface area (Å²) in [5.74, 6) is 1.05. The van der Waals surface area contributed by atoms with Crippen molar-refractivity contribution in [1.82, 2.24) is 24.5 Å². The van der Waals surface area contributed by atoms with Gasteiger partial charge in [0.15, 0.2) is 0 Å². The minimum atomic E-state index is 0.414. The summed E-state index contributed by atoms with van der Waals surface area (Å²) in [7, 11) is 1.78. The van der Waals surface area contributed by atoms with Crippen LogP contribution in [0.1, 0.15) is 19.5 Å². The van der Waals surface area contributed by atoms with Gasteiger partial charge in [0.1, 0.15) is 5.69 Å². The standard InChI is InChI=1S/C10H16N6/c1-4-7-6-8(16(5-2)13-7)9-12-10(11)15(3)14-9/h6H,4-5H2,1-3H3,(H2,11,12,14). The molecule has 16 heavy (non-hydrogen) atoms. The van der Waals surface area contributed by atoms with Crippen LogP contribution in [0.15, 0.2) is 6.07 Å². The molecule has 0 aromatic carbocycles. The summed E-state index contributed by atoms with van der Waals surface area (Å²) in [5, 5.41) is 8.71. The van der Waals surface area contributed by atoms with Crippen molar-refractivity contribution in [3.05, 3.63) is 11.8 Å². The van der Waals surface area contributed by atoms with Crippen molar-refractivity contribution in [1.29, 1.82) is 0 Å². The van der Waals surface area contributed by atoms with Gasteiger partial charge in [-0.3, -0.25) is 4.68 Å². The van der Waals surface area contributed by atoms with Crippen molar-refractivity contribution >= 4 is 5.95 Å². The Hall–Kier alpha value is -1.85. The first-order chi connectivity index (χ1) is 7.65. The lowest BCUT2D eigenvalue weighted by atomic mass is 10.3. The van der Waals surface area contributed by atoms with Gasteiger partial charge in [0.2, 0.25) is 11.8 Å². The summed E-state index contributed by atoms with van der Waals surface area (Å²) in [4.78, 5) is 4.21. The summed E-state index contributed by atoms with van der Waals surface area (Å²) in [5.41, 5.74) is 7.64. The second kappa shape index (κ2) is 3.96. The van der Waals surface area contributed by atoms with Gasteiger partial charge in [-0.15, -0.1) is 5.10 Å². The summed E-state index contributed by atoms with van der Waals surface area (Å²) in [6, 6.07) is 2.01. The Morgan fingerprint density at radius 2 is 2.06 bits per heavy atom. The highest BCUT2D eigenvalue weighted by molar-refractivity contribution is 5.51. The van der Waals surface area contributed by atoms with Gasteiger partial charge in [0, 0.05) is 13.6 Å². The summed E-state index contributed by atoms with van der Waals surface area (Å²) in [6.45, 7) is 4.92. The number of anilines is 1. The van der Waals surface area contributed by atoms with Gasteiger partial charge in [-0.25, -0.2) is 4.68 Å². The first-order valence-electron chi connectivity index (χ1n) is 5.39. The average Bonchev–Trinajstić information content (AvgIpc) is 2.83. The van der Waals surface area contributed by atoms with E-state index in [1.165, 1.54) is 0 Å². The van der Waals surface area contributed by atoms with Crippen LogP contribution < -0.4 is 5.73 Å². The van der Waals surface area contributed by atoms with Crippen molar-refractivity contribution in [2.45, 2.75) is 26.8 Å². The normalized spacial score (nSPS) is 10.9. The van der Waals surface area contributed by atoms with E-state index >= 15 is 0 Å². The summed E-state index contributed by atoms with van der Waals surface area (Å²) >= 11 is 0.